The first-order valence-electron chi connectivity index (χ1n) is 6.77. The molecule has 0 amide bonds. The molecule has 0 aliphatic heterocycles. The molecule has 0 saturated heterocycles. The highest BCUT2D eigenvalue weighted by Crippen LogP contribution is 2.19. The lowest BCUT2D eigenvalue weighted by Gasteiger charge is -2.10. The Morgan fingerprint density at radius 1 is 1.12 bits per heavy atom. The average Bonchev–Trinajstić information content (AvgIpc) is 2.23. The molecule has 2 nitrogen and oxygen atoms in total. The van der Waals surface area contributed by atoms with E-state index >= 15 is 0 Å². The maximum absolute atomic E-state index is 11.9. The predicted molar refractivity (Wildman–Crippen MR) is 68.3 cm³/mol. The highest BCUT2D eigenvalue weighted by atomic mass is 16.1. The number of hydrogen-bond donors (Lipinski definition) is 1. The zero-order chi connectivity index (χ0) is 11.6. The van der Waals surface area contributed by atoms with Crippen LogP contribution in [0.15, 0.2) is 11.6 Å². The molecule has 0 spiro atoms. The van der Waals surface area contributed by atoms with E-state index in [1.165, 1.54) is 25.7 Å². The van der Waals surface area contributed by atoms with Crippen molar-refractivity contribution in [2.75, 3.05) is 6.54 Å². The summed E-state index contributed by atoms with van der Waals surface area (Å²) in [6.45, 7) is 0.747. The fourth-order valence-electron chi connectivity index (χ4n) is 2.21. The minimum atomic E-state index is 0.388. The van der Waals surface area contributed by atoms with Crippen LogP contribution in [0.5, 0.6) is 0 Å². The summed E-state index contributed by atoms with van der Waals surface area (Å²) >= 11 is 0. The van der Waals surface area contributed by atoms with E-state index in [1.807, 2.05) is 0 Å². The summed E-state index contributed by atoms with van der Waals surface area (Å²) in [5, 5.41) is 0. The first kappa shape index (κ1) is 13.4. The van der Waals surface area contributed by atoms with E-state index < -0.39 is 0 Å². The van der Waals surface area contributed by atoms with Gasteiger partial charge in [0.25, 0.3) is 0 Å². The van der Waals surface area contributed by atoms with Crippen LogP contribution < -0.4 is 5.73 Å². The number of unbranched alkanes of at least 4 members (excludes halogenated alkanes) is 2. The van der Waals surface area contributed by atoms with Crippen LogP contribution in [0.1, 0.15) is 64.2 Å². The van der Waals surface area contributed by atoms with Crippen LogP contribution in [-0.2, 0) is 4.79 Å². The van der Waals surface area contributed by atoms with Gasteiger partial charge in [-0.15, -0.1) is 0 Å². The standard InChI is InChI=1S/C14H25NO/c15-12-8-4-7-11-14(16)13-9-5-2-1-3-6-10-13/h9H,1-8,10-12,15H2. The molecule has 0 radical (unpaired) electrons. The highest BCUT2D eigenvalue weighted by Gasteiger charge is 2.10. The monoisotopic (exact) mass is 223 g/mol. The molecule has 16 heavy (non-hydrogen) atoms. The van der Waals surface area contributed by atoms with Crippen LogP contribution in [0.25, 0.3) is 0 Å². The molecule has 1 rings (SSSR count). The Morgan fingerprint density at radius 3 is 2.75 bits per heavy atom. The maximum Gasteiger partial charge on any atom is 0.158 e. The third kappa shape index (κ3) is 5.45. The lowest BCUT2D eigenvalue weighted by Crippen LogP contribution is -2.05. The minimum absolute atomic E-state index is 0.388. The molecule has 1 aliphatic carbocycles. The summed E-state index contributed by atoms with van der Waals surface area (Å²) in [6.07, 6.45) is 13.2. The van der Waals surface area contributed by atoms with Crippen molar-refractivity contribution in [1.29, 1.82) is 0 Å². The summed E-state index contributed by atoms with van der Waals surface area (Å²) in [6, 6.07) is 0. The van der Waals surface area contributed by atoms with Gasteiger partial charge >= 0.3 is 0 Å². The van der Waals surface area contributed by atoms with Crippen molar-refractivity contribution in [3.05, 3.63) is 11.6 Å². The van der Waals surface area contributed by atoms with E-state index in [4.69, 9.17) is 5.73 Å². The number of hydrogen-bond acceptors (Lipinski definition) is 2. The van der Waals surface area contributed by atoms with E-state index in [9.17, 15) is 4.79 Å². The topological polar surface area (TPSA) is 43.1 Å². The van der Waals surface area contributed by atoms with Crippen molar-refractivity contribution in [3.63, 3.8) is 0 Å². The van der Waals surface area contributed by atoms with Gasteiger partial charge in [-0.1, -0.05) is 25.3 Å². The Hall–Kier alpha value is -0.630. The van der Waals surface area contributed by atoms with Gasteiger partial charge in [0.2, 0.25) is 0 Å². The summed E-state index contributed by atoms with van der Waals surface area (Å²) in [5.41, 5.74) is 6.53. The fraction of sp³-hybridized carbons (Fsp3) is 0.786. The molecule has 0 fully saturated rings. The Bertz CT molecular complexity index is 233. The summed E-state index contributed by atoms with van der Waals surface area (Å²) in [7, 11) is 0. The number of Topliss-reactive ketones (excluding diaryl/α,β-unsaturated/α-hetero) is 1. The van der Waals surface area contributed by atoms with E-state index in [0.717, 1.165) is 50.6 Å². The predicted octanol–water partition coefficient (Wildman–Crippen LogP) is 3.36. The van der Waals surface area contributed by atoms with Crippen molar-refractivity contribution in [3.8, 4) is 0 Å². The molecule has 2 heteroatoms. The van der Waals surface area contributed by atoms with E-state index in [2.05, 4.69) is 6.08 Å². The largest absolute Gasteiger partial charge is 0.330 e. The Balaban J connectivity index is 2.27. The van der Waals surface area contributed by atoms with Gasteiger partial charge in [0.05, 0.1) is 0 Å². The molecule has 1 aliphatic rings. The van der Waals surface area contributed by atoms with E-state index in [0.29, 0.717) is 5.78 Å². The molecule has 92 valence electrons. The van der Waals surface area contributed by atoms with Gasteiger partial charge in [0.15, 0.2) is 5.78 Å². The number of carbonyl (C=O) groups is 1. The summed E-state index contributed by atoms with van der Waals surface area (Å²) in [5.74, 6) is 0.388. The second kappa shape index (κ2) is 8.51. The van der Waals surface area contributed by atoms with Gasteiger partial charge in [-0.3, -0.25) is 4.79 Å². The lowest BCUT2D eigenvalue weighted by atomic mass is 9.95. The van der Waals surface area contributed by atoms with E-state index in [-0.39, 0.29) is 0 Å². The van der Waals surface area contributed by atoms with Gasteiger partial charge in [0.1, 0.15) is 0 Å². The van der Waals surface area contributed by atoms with Crippen LogP contribution in [-0.4, -0.2) is 12.3 Å². The van der Waals surface area contributed by atoms with Crippen molar-refractivity contribution in [1.82, 2.24) is 0 Å². The van der Waals surface area contributed by atoms with Crippen LogP contribution in [0.3, 0.4) is 0 Å². The van der Waals surface area contributed by atoms with Gasteiger partial charge in [-0.25, -0.2) is 0 Å². The quantitative estimate of drug-likeness (QED) is 0.702. The molecule has 0 saturated carbocycles. The van der Waals surface area contributed by atoms with Gasteiger partial charge in [0, 0.05) is 6.42 Å². The number of nitrogens with two attached hydrogens (primary N) is 1. The molecule has 0 aromatic heterocycles. The first-order valence-corrected chi connectivity index (χ1v) is 6.77. The number of ketones is 1. The molecular weight excluding hydrogens is 198 g/mol. The number of rotatable bonds is 6. The summed E-state index contributed by atoms with van der Waals surface area (Å²) < 4.78 is 0. The number of allylic oxidation sites excluding steroid dienone is 2. The smallest absolute Gasteiger partial charge is 0.158 e. The Morgan fingerprint density at radius 2 is 1.94 bits per heavy atom. The molecule has 0 aromatic carbocycles. The Labute approximate surface area is 99.3 Å². The van der Waals surface area contributed by atoms with Crippen LogP contribution in [0.4, 0.5) is 0 Å². The normalized spacial score (nSPS) is 17.4. The van der Waals surface area contributed by atoms with Crippen molar-refractivity contribution < 1.29 is 4.79 Å². The average molecular weight is 223 g/mol. The molecule has 0 atom stereocenters. The third-order valence-corrected chi connectivity index (χ3v) is 3.26. The second-order valence-electron chi connectivity index (χ2n) is 4.70. The first-order chi connectivity index (χ1) is 7.84. The van der Waals surface area contributed by atoms with Crippen LogP contribution >= 0.6 is 0 Å². The summed E-state index contributed by atoms with van der Waals surface area (Å²) in [4.78, 5) is 11.9. The molecular formula is C14H25NO. The Kier molecular flexibility index (Phi) is 7.15. The fourth-order valence-corrected chi connectivity index (χ4v) is 2.21. The molecule has 0 aromatic rings. The van der Waals surface area contributed by atoms with Crippen molar-refractivity contribution in [2.45, 2.75) is 64.2 Å². The van der Waals surface area contributed by atoms with Gasteiger partial charge in [-0.2, -0.15) is 0 Å². The minimum Gasteiger partial charge on any atom is -0.330 e. The zero-order valence-corrected chi connectivity index (χ0v) is 10.3. The molecule has 2 N–H and O–H groups in total. The van der Waals surface area contributed by atoms with E-state index in [1.54, 1.807) is 0 Å². The van der Waals surface area contributed by atoms with Crippen molar-refractivity contribution >= 4 is 5.78 Å². The van der Waals surface area contributed by atoms with Crippen LogP contribution in [0, 0.1) is 0 Å². The third-order valence-electron chi connectivity index (χ3n) is 3.26. The van der Waals surface area contributed by atoms with Gasteiger partial charge < -0.3 is 5.73 Å². The SMILES string of the molecule is NCCCCCC(=O)C1=CCCCCCC1. The van der Waals surface area contributed by atoms with Crippen LogP contribution in [0.2, 0.25) is 0 Å². The molecule has 0 bridgehead atoms. The molecule has 0 unspecified atom stereocenters. The lowest BCUT2D eigenvalue weighted by molar-refractivity contribution is -0.115. The second-order valence-corrected chi connectivity index (χ2v) is 4.70. The zero-order valence-electron chi connectivity index (χ0n) is 10.3. The maximum atomic E-state index is 11.9. The molecule has 0 heterocycles. The number of carbonyl (C=O) groups excluding carboxylic acids is 1. The van der Waals surface area contributed by atoms with Gasteiger partial charge in [-0.05, 0) is 50.6 Å². The highest BCUT2D eigenvalue weighted by molar-refractivity contribution is 5.95. The van der Waals surface area contributed by atoms with Crippen molar-refractivity contribution in [2.24, 2.45) is 5.73 Å².